The van der Waals surface area contributed by atoms with E-state index in [-0.39, 0.29) is 6.42 Å². The van der Waals surface area contributed by atoms with Gasteiger partial charge in [0.05, 0.1) is 13.4 Å². The lowest BCUT2D eigenvalue weighted by Crippen LogP contribution is -2.49. The van der Waals surface area contributed by atoms with Crippen LogP contribution in [0.25, 0.3) is 0 Å². The number of nitrogens with one attached hydrogen (secondary N) is 2. The first kappa shape index (κ1) is 17.6. The molecule has 0 fully saturated rings. The van der Waals surface area contributed by atoms with Crippen LogP contribution in [-0.2, 0) is 32.0 Å². The van der Waals surface area contributed by atoms with E-state index >= 15 is 0 Å². The van der Waals surface area contributed by atoms with E-state index in [2.05, 4.69) is 15.3 Å². The van der Waals surface area contributed by atoms with Crippen LogP contribution in [0.15, 0.2) is 42.9 Å². The Kier molecular flexibility index (Phi) is 6.47. The quantitative estimate of drug-likeness (QED) is 0.466. The van der Waals surface area contributed by atoms with Crippen LogP contribution in [0.1, 0.15) is 11.3 Å². The molecule has 0 unspecified atom stereocenters. The molecule has 0 aliphatic carbocycles. The van der Waals surface area contributed by atoms with Gasteiger partial charge in [0.25, 0.3) is 5.91 Å². The summed E-state index contributed by atoms with van der Waals surface area (Å²) < 4.78 is 4.73. The predicted molar refractivity (Wildman–Crippen MR) is 85.4 cm³/mol. The van der Waals surface area contributed by atoms with Gasteiger partial charge in [-0.3, -0.25) is 9.63 Å². The van der Waals surface area contributed by atoms with E-state index in [9.17, 15) is 9.59 Å². The van der Waals surface area contributed by atoms with Gasteiger partial charge >= 0.3 is 5.97 Å². The van der Waals surface area contributed by atoms with Crippen LogP contribution in [0, 0.1) is 0 Å². The normalized spacial score (nSPS) is 13.1. The summed E-state index contributed by atoms with van der Waals surface area (Å²) in [6.45, 7) is 0. The number of methoxy groups -OCH3 is 1. The number of esters is 1. The summed E-state index contributed by atoms with van der Waals surface area (Å²) in [4.78, 5) is 35.8. The Morgan fingerprint density at radius 3 is 2.62 bits per heavy atom. The number of hydrogen-bond acceptors (Lipinski definition) is 6. The van der Waals surface area contributed by atoms with Gasteiger partial charge in [0.1, 0.15) is 6.04 Å². The van der Waals surface area contributed by atoms with Crippen LogP contribution in [0.2, 0.25) is 0 Å². The van der Waals surface area contributed by atoms with Crippen molar-refractivity contribution in [2.75, 3.05) is 7.11 Å². The van der Waals surface area contributed by atoms with Gasteiger partial charge in [-0.15, -0.1) is 0 Å². The molecule has 1 aromatic carbocycles. The van der Waals surface area contributed by atoms with Gasteiger partial charge in [-0.1, -0.05) is 30.3 Å². The summed E-state index contributed by atoms with van der Waals surface area (Å²) >= 11 is 0. The fraction of sp³-hybridized carbons (Fsp3) is 0.312. The summed E-state index contributed by atoms with van der Waals surface area (Å²) in [5, 5.41) is 2.61. The zero-order valence-corrected chi connectivity index (χ0v) is 13.3. The molecule has 1 aromatic heterocycles. The molecule has 0 saturated heterocycles. The molecule has 24 heavy (non-hydrogen) atoms. The summed E-state index contributed by atoms with van der Waals surface area (Å²) in [5.74, 6) is 4.20. The molecule has 0 aliphatic rings. The van der Waals surface area contributed by atoms with Crippen LogP contribution in [0.3, 0.4) is 0 Å². The molecule has 0 saturated carbocycles. The van der Waals surface area contributed by atoms with Gasteiger partial charge in [-0.25, -0.2) is 15.7 Å². The fourth-order valence-corrected chi connectivity index (χ4v) is 2.25. The van der Waals surface area contributed by atoms with Crippen LogP contribution in [-0.4, -0.2) is 41.1 Å². The molecule has 0 aliphatic heterocycles. The number of hydrogen-bond donors (Lipinski definition) is 3. The van der Waals surface area contributed by atoms with Crippen molar-refractivity contribution in [2.24, 2.45) is 5.90 Å². The Labute approximate surface area is 139 Å². The minimum atomic E-state index is -0.915. The first-order valence-electron chi connectivity index (χ1n) is 7.39. The van der Waals surface area contributed by atoms with Gasteiger partial charge in [0.2, 0.25) is 0 Å². The van der Waals surface area contributed by atoms with Crippen molar-refractivity contribution in [3.05, 3.63) is 54.1 Å². The second kappa shape index (κ2) is 8.80. The first-order valence-corrected chi connectivity index (χ1v) is 7.39. The molecule has 2 aromatic rings. The lowest BCUT2D eigenvalue weighted by atomic mass is 10.1. The monoisotopic (exact) mass is 332 g/mol. The number of ether oxygens (including phenoxy) is 1. The molecular weight excluding hydrogens is 312 g/mol. The van der Waals surface area contributed by atoms with Gasteiger partial charge in [-0.2, -0.15) is 0 Å². The van der Waals surface area contributed by atoms with Crippen molar-refractivity contribution < 1.29 is 19.2 Å². The highest BCUT2D eigenvalue weighted by atomic mass is 16.6. The van der Waals surface area contributed by atoms with Crippen molar-refractivity contribution in [2.45, 2.75) is 25.0 Å². The standard InChI is InChI=1S/C16H20N4O4/c1-23-16(22)13(8-12-9-18-10-19-12)20-15(21)14(24-17)7-11-5-3-2-4-6-11/h2-6,9-10,13-14H,7-8,17H2,1H3,(H,18,19)(H,20,21)/t13-,14-/m0/s1. The van der Waals surface area contributed by atoms with E-state index < -0.39 is 24.0 Å². The predicted octanol–water partition coefficient (Wildman–Crippen LogP) is 0.112. The lowest BCUT2D eigenvalue weighted by molar-refractivity contribution is -0.147. The molecular formula is C16H20N4O4. The maximum absolute atomic E-state index is 12.4. The number of nitrogens with two attached hydrogens (primary N) is 1. The molecule has 1 heterocycles. The molecule has 8 nitrogen and oxygen atoms in total. The second-order valence-electron chi connectivity index (χ2n) is 5.18. The third-order valence-corrected chi connectivity index (χ3v) is 3.50. The maximum Gasteiger partial charge on any atom is 0.328 e. The Morgan fingerprint density at radius 1 is 1.29 bits per heavy atom. The number of rotatable bonds is 8. The third kappa shape index (κ3) is 4.90. The van der Waals surface area contributed by atoms with Crippen LogP contribution in [0.5, 0.6) is 0 Å². The van der Waals surface area contributed by atoms with Crippen molar-refractivity contribution in [1.82, 2.24) is 15.3 Å². The van der Waals surface area contributed by atoms with Crippen LogP contribution in [0.4, 0.5) is 0 Å². The first-order chi connectivity index (χ1) is 11.6. The van der Waals surface area contributed by atoms with E-state index in [4.69, 9.17) is 15.5 Å². The molecule has 4 N–H and O–H groups in total. The summed E-state index contributed by atoms with van der Waals surface area (Å²) in [7, 11) is 1.26. The van der Waals surface area contributed by atoms with Crippen LogP contribution >= 0.6 is 0 Å². The van der Waals surface area contributed by atoms with Crippen molar-refractivity contribution >= 4 is 11.9 Å². The number of amides is 1. The summed E-state index contributed by atoms with van der Waals surface area (Å²) in [6, 6.07) is 8.45. The zero-order valence-electron chi connectivity index (χ0n) is 13.3. The summed E-state index contributed by atoms with van der Waals surface area (Å²) in [6.07, 6.45) is 2.67. The number of H-pyrrole nitrogens is 1. The molecule has 0 bridgehead atoms. The number of benzene rings is 1. The number of carbonyl (C=O) groups is 2. The van der Waals surface area contributed by atoms with Crippen molar-refractivity contribution in [1.29, 1.82) is 0 Å². The van der Waals surface area contributed by atoms with Gasteiger partial charge < -0.3 is 15.0 Å². The van der Waals surface area contributed by atoms with Gasteiger partial charge in [-0.05, 0) is 5.56 Å². The molecule has 0 spiro atoms. The molecule has 128 valence electrons. The van der Waals surface area contributed by atoms with E-state index in [1.807, 2.05) is 30.3 Å². The van der Waals surface area contributed by atoms with E-state index in [0.717, 1.165) is 5.56 Å². The fourth-order valence-electron chi connectivity index (χ4n) is 2.25. The lowest BCUT2D eigenvalue weighted by Gasteiger charge is -2.20. The smallest absolute Gasteiger partial charge is 0.328 e. The van der Waals surface area contributed by atoms with E-state index in [1.165, 1.54) is 13.4 Å². The number of imidazole rings is 1. The second-order valence-corrected chi connectivity index (χ2v) is 5.18. The Bertz CT molecular complexity index is 645. The van der Waals surface area contributed by atoms with Crippen molar-refractivity contribution in [3.63, 3.8) is 0 Å². The minimum absolute atomic E-state index is 0.223. The van der Waals surface area contributed by atoms with Gasteiger partial charge in [0.15, 0.2) is 6.10 Å². The Balaban J connectivity index is 2.03. The molecule has 0 radical (unpaired) electrons. The van der Waals surface area contributed by atoms with E-state index in [0.29, 0.717) is 12.1 Å². The van der Waals surface area contributed by atoms with E-state index in [1.54, 1.807) is 6.20 Å². The Morgan fingerprint density at radius 2 is 2.04 bits per heavy atom. The zero-order chi connectivity index (χ0) is 17.4. The third-order valence-electron chi connectivity index (χ3n) is 3.50. The largest absolute Gasteiger partial charge is 0.467 e. The molecule has 1 amide bonds. The topological polar surface area (TPSA) is 119 Å². The highest BCUT2D eigenvalue weighted by molar-refractivity contribution is 5.87. The average Bonchev–Trinajstić information content (AvgIpc) is 3.12. The molecule has 2 rings (SSSR count). The highest BCUT2D eigenvalue weighted by Crippen LogP contribution is 2.07. The number of aromatic amines is 1. The summed E-state index contributed by atoms with van der Waals surface area (Å²) in [5.41, 5.74) is 1.59. The highest BCUT2D eigenvalue weighted by Gasteiger charge is 2.27. The Hall–Kier alpha value is -2.71. The average molecular weight is 332 g/mol. The minimum Gasteiger partial charge on any atom is -0.467 e. The van der Waals surface area contributed by atoms with Gasteiger partial charge in [0, 0.05) is 24.7 Å². The SMILES string of the molecule is COC(=O)[C@H](Cc1cnc[nH]1)NC(=O)[C@H](Cc1ccccc1)ON. The van der Waals surface area contributed by atoms with Crippen molar-refractivity contribution in [3.8, 4) is 0 Å². The number of aromatic nitrogens is 2. The van der Waals surface area contributed by atoms with Crippen LogP contribution < -0.4 is 11.2 Å². The molecule has 2 atom stereocenters. The molecule has 8 heteroatoms. The number of carbonyl (C=O) groups excluding carboxylic acids is 2. The number of nitrogens with zero attached hydrogens (tertiary/aromatic N) is 1. The maximum atomic E-state index is 12.4.